The third-order valence-electron chi connectivity index (χ3n) is 5.13. The number of aromatic amines is 1. The fraction of sp³-hybridized carbons (Fsp3) is 0.471. The summed E-state index contributed by atoms with van der Waals surface area (Å²) in [6.07, 6.45) is 5.75. The van der Waals surface area contributed by atoms with Crippen LogP contribution in [0.1, 0.15) is 38.3 Å². The van der Waals surface area contributed by atoms with Crippen LogP contribution in [0.2, 0.25) is 0 Å². The number of aromatic nitrogens is 6. The number of rotatable bonds is 4. The zero-order chi connectivity index (χ0) is 18.3. The van der Waals surface area contributed by atoms with Crippen LogP contribution in [0.5, 0.6) is 0 Å². The van der Waals surface area contributed by atoms with E-state index in [1.807, 2.05) is 19.9 Å². The highest BCUT2D eigenvalue weighted by Gasteiger charge is 2.44. The lowest BCUT2D eigenvalue weighted by molar-refractivity contribution is -0.149. The van der Waals surface area contributed by atoms with Crippen molar-refractivity contribution in [2.75, 3.05) is 18.0 Å². The second kappa shape index (κ2) is 6.08. The van der Waals surface area contributed by atoms with E-state index in [1.54, 1.807) is 17.2 Å². The second-order valence-electron chi connectivity index (χ2n) is 6.96. The topological polar surface area (TPSA) is 113 Å². The fourth-order valence-corrected chi connectivity index (χ4v) is 3.51. The Morgan fingerprint density at radius 3 is 2.69 bits per heavy atom. The highest BCUT2D eigenvalue weighted by atomic mass is 16.4. The Morgan fingerprint density at radius 1 is 1.27 bits per heavy atom. The summed E-state index contributed by atoms with van der Waals surface area (Å²) >= 11 is 0. The first-order chi connectivity index (χ1) is 12.5. The first-order valence-electron chi connectivity index (χ1n) is 8.70. The summed E-state index contributed by atoms with van der Waals surface area (Å²) in [5.74, 6) is 0.177. The minimum absolute atomic E-state index is 0.261. The quantitative estimate of drug-likeness (QED) is 0.733. The molecular formula is C17H21N7O2. The number of imidazole rings is 1. The van der Waals surface area contributed by atoms with Crippen molar-refractivity contribution >= 4 is 23.0 Å². The van der Waals surface area contributed by atoms with Gasteiger partial charge in [-0.2, -0.15) is 5.10 Å². The van der Waals surface area contributed by atoms with E-state index in [0.29, 0.717) is 31.6 Å². The maximum absolute atomic E-state index is 12.1. The van der Waals surface area contributed by atoms with Gasteiger partial charge < -0.3 is 15.0 Å². The molecule has 4 rings (SSSR count). The first-order valence-corrected chi connectivity index (χ1v) is 8.70. The Hall–Kier alpha value is -2.97. The summed E-state index contributed by atoms with van der Waals surface area (Å²) in [6, 6.07) is 1.90. The van der Waals surface area contributed by atoms with E-state index in [1.165, 1.54) is 6.33 Å². The van der Waals surface area contributed by atoms with Crippen molar-refractivity contribution in [2.45, 2.75) is 38.1 Å². The molecule has 0 aromatic carbocycles. The molecule has 0 saturated carbocycles. The van der Waals surface area contributed by atoms with Crippen molar-refractivity contribution in [1.29, 1.82) is 0 Å². The molecule has 0 unspecified atom stereocenters. The highest BCUT2D eigenvalue weighted by Crippen LogP contribution is 2.33. The number of hydrogen-bond acceptors (Lipinski definition) is 6. The Kier molecular flexibility index (Phi) is 3.86. The maximum Gasteiger partial charge on any atom is 0.331 e. The van der Waals surface area contributed by atoms with Gasteiger partial charge in [0.1, 0.15) is 11.8 Å². The van der Waals surface area contributed by atoms with Gasteiger partial charge >= 0.3 is 5.97 Å². The van der Waals surface area contributed by atoms with E-state index >= 15 is 0 Å². The van der Waals surface area contributed by atoms with Crippen molar-refractivity contribution < 1.29 is 9.90 Å². The van der Waals surface area contributed by atoms with E-state index in [4.69, 9.17) is 0 Å². The second-order valence-corrected chi connectivity index (χ2v) is 6.96. The van der Waals surface area contributed by atoms with Crippen LogP contribution in [0.25, 0.3) is 11.2 Å². The number of nitrogens with zero attached hydrogens (tertiary/aromatic N) is 6. The Labute approximate surface area is 150 Å². The number of anilines is 1. The first kappa shape index (κ1) is 16.5. The summed E-state index contributed by atoms with van der Waals surface area (Å²) < 4.78 is 1.63. The van der Waals surface area contributed by atoms with Crippen molar-refractivity contribution in [1.82, 2.24) is 29.7 Å². The molecule has 0 aliphatic carbocycles. The number of fused-ring (bicyclic) bond motifs is 1. The monoisotopic (exact) mass is 355 g/mol. The fourth-order valence-electron chi connectivity index (χ4n) is 3.51. The number of nitrogens with one attached hydrogen (secondary N) is 1. The minimum Gasteiger partial charge on any atom is -0.479 e. The number of carboxylic acids is 1. The summed E-state index contributed by atoms with van der Waals surface area (Å²) in [5.41, 5.74) is 1.27. The average molecular weight is 355 g/mol. The zero-order valence-electron chi connectivity index (χ0n) is 14.8. The van der Waals surface area contributed by atoms with Gasteiger partial charge in [0.15, 0.2) is 17.0 Å². The molecule has 1 aliphatic rings. The molecule has 0 amide bonds. The van der Waals surface area contributed by atoms with E-state index < -0.39 is 11.5 Å². The van der Waals surface area contributed by atoms with Crippen LogP contribution in [-0.2, 0) is 10.3 Å². The van der Waals surface area contributed by atoms with Crippen LogP contribution in [0.3, 0.4) is 0 Å². The van der Waals surface area contributed by atoms with Crippen molar-refractivity contribution in [3.8, 4) is 0 Å². The molecule has 1 aliphatic heterocycles. The lowest BCUT2D eigenvalue weighted by atomic mass is 9.87. The third-order valence-corrected chi connectivity index (χ3v) is 5.13. The molecule has 0 spiro atoms. The van der Waals surface area contributed by atoms with Crippen LogP contribution in [0.15, 0.2) is 24.9 Å². The molecule has 26 heavy (non-hydrogen) atoms. The number of hydrogen-bond donors (Lipinski definition) is 2. The van der Waals surface area contributed by atoms with Gasteiger partial charge in [-0.25, -0.2) is 19.7 Å². The van der Waals surface area contributed by atoms with Crippen molar-refractivity contribution in [2.24, 2.45) is 0 Å². The Balaban J connectivity index is 1.62. The zero-order valence-corrected chi connectivity index (χ0v) is 14.8. The largest absolute Gasteiger partial charge is 0.479 e. The van der Waals surface area contributed by atoms with Gasteiger partial charge in [-0.3, -0.25) is 4.68 Å². The molecule has 0 radical (unpaired) electrons. The molecular weight excluding hydrogens is 334 g/mol. The number of aliphatic carboxylic acids is 1. The molecule has 2 N–H and O–H groups in total. The molecule has 0 atom stereocenters. The van der Waals surface area contributed by atoms with Crippen LogP contribution >= 0.6 is 0 Å². The molecule has 3 aromatic heterocycles. The van der Waals surface area contributed by atoms with Gasteiger partial charge in [-0.1, -0.05) is 13.8 Å². The van der Waals surface area contributed by atoms with Crippen molar-refractivity contribution in [3.63, 3.8) is 0 Å². The van der Waals surface area contributed by atoms with E-state index in [0.717, 1.165) is 17.0 Å². The molecule has 1 fully saturated rings. The van der Waals surface area contributed by atoms with Gasteiger partial charge in [0.05, 0.1) is 12.0 Å². The molecule has 9 heteroatoms. The predicted molar refractivity (Wildman–Crippen MR) is 95.1 cm³/mol. The van der Waals surface area contributed by atoms with Crippen LogP contribution in [0, 0.1) is 0 Å². The summed E-state index contributed by atoms with van der Waals surface area (Å²) in [4.78, 5) is 30.0. The van der Waals surface area contributed by atoms with E-state index in [2.05, 4.69) is 29.9 Å². The number of carbonyl (C=O) groups is 1. The molecule has 3 aromatic rings. The predicted octanol–water partition coefficient (Wildman–Crippen LogP) is 1.75. The molecule has 4 heterocycles. The van der Waals surface area contributed by atoms with Gasteiger partial charge in [0, 0.05) is 32.1 Å². The van der Waals surface area contributed by atoms with E-state index in [9.17, 15) is 9.90 Å². The van der Waals surface area contributed by atoms with E-state index in [-0.39, 0.29) is 5.92 Å². The minimum atomic E-state index is -1.02. The number of H-pyrrole nitrogens is 1. The molecule has 136 valence electrons. The lowest BCUT2D eigenvalue weighted by Gasteiger charge is -2.39. The lowest BCUT2D eigenvalue weighted by Crippen LogP contribution is -2.51. The number of carboxylic acid groups (broad SMARTS) is 1. The molecule has 1 saturated heterocycles. The normalized spacial score (nSPS) is 17.1. The van der Waals surface area contributed by atoms with Crippen LogP contribution in [-0.4, -0.2) is 53.9 Å². The van der Waals surface area contributed by atoms with Gasteiger partial charge in [-0.05, 0) is 12.0 Å². The van der Waals surface area contributed by atoms with Gasteiger partial charge in [0.2, 0.25) is 0 Å². The third kappa shape index (κ3) is 2.51. The summed E-state index contributed by atoms with van der Waals surface area (Å²) in [6.45, 7) is 5.23. The average Bonchev–Trinajstić information content (AvgIpc) is 3.31. The smallest absolute Gasteiger partial charge is 0.331 e. The molecule has 0 bridgehead atoms. The van der Waals surface area contributed by atoms with Gasteiger partial charge in [-0.15, -0.1) is 0 Å². The van der Waals surface area contributed by atoms with Crippen molar-refractivity contribution in [3.05, 3.63) is 30.6 Å². The summed E-state index contributed by atoms with van der Waals surface area (Å²) in [5, 5.41) is 14.5. The van der Waals surface area contributed by atoms with Gasteiger partial charge in [0.25, 0.3) is 0 Å². The summed E-state index contributed by atoms with van der Waals surface area (Å²) in [7, 11) is 0. The van der Waals surface area contributed by atoms with Crippen LogP contribution < -0.4 is 4.90 Å². The highest BCUT2D eigenvalue weighted by molar-refractivity contribution is 5.83. The maximum atomic E-state index is 12.1. The Bertz CT molecular complexity index is 937. The standard InChI is InChI=1S/C17H21N7O2/c1-11(2)12-3-6-24(22-12)17(16(25)26)4-7-23(8-5-17)15-13-14(19-9-18-13)20-10-21-15/h3,6,9-11H,4-5,7-8H2,1-2H3,(H,25,26)(H,18,19,20,21). The number of piperidine rings is 1. The van der Waals surface area contributed by atoms with Crippen LogP contribution in [0.4, 0.5) is 5.82 Å². The molecule has 9 nitrogen and oxygen atoms in total. The SMILES string of the molecule is CC(C)c1ccn(C2(C(=O)O)CCN(c3ncnc4nc[nH]c34)CC2)n1. The Morgan fingerprint density at radius 2 is 2.04 bits per heavy atom.